The third kappa shape index (κ3) is 3.19. The lowest BCUT2D eigenvalue weighted by Gasteiger charge is -2.13. The van der Waals surface area contributed by atoms with Gasteiger partial charge in [-0.05, 0) is 72.1 Å². The lowest BCUT2D eigenvalue weighted by molar-refractivity contribution is 1.18. The van der Waals surface area contributed by atoms with Crippen LogP contribution in [0.2, 0.25) is 0 Å². The summed E-state index contributed by atoms with van der Waals surface area (Å²) in [5.74, 6) is 0. The van der Waals surface area contributed by atoms with Gasteiger partial charge in [0.25, 0.3) is 0 Å². The van der Waals surface area contributed by atoms with E-state index in [0.29, 0.717) is 0 Å². The van der Waals surface area contributed by atoms with Gasteiger partial charge in [0.2, 0.25) is 0 Å². The van der Waals surface area contributed by atoms with Gasteiger partial charge in [0.05, 0.1) is 38.6 Å². The lowest BCUT2D eigenvalue weighted by Crippen LogP contribution is -1.96. The summed E-state index contributed by atoms with van der Waals surface area (Å²) in [6, 6.07) is 56.8. The molecule has 218 valence electrons. The standard InChI is InChI=1S/C43H26N4/c1-3-13-27(14-4-1)45-34-21-11-8-18-30(34)40-36(45)24-23-31-41-38(47-35-22-12-9-19-32(35)44-43(47)42(31)40)26-25-37-39(41)29-17-7-10-20-33(29)46(37)28-15-5-2-6-16-28/h1-26H. The molecule has 0 atom stereocenters. The van der Waals surface area contributed by atoms with Crippen molar-refractivity contribution in [1.82, 2.24) is 18.5 Å². The number of aromatic nitrogens is 4. The highest BCUT2D eigenvalue weighted by Gasteiger charge is 2.23. The third-order valence-corrected chi connectivity index (χ3v) is 9.98. The molecule has 7 aromatic carbocycles. The van der Waals surface area contributed by atoms with Gasteiger partial charge in [-0.3, -0.25) is 4.40 Å². The molecular weight excluding hydrogens is 573 g/mol. The zero-order chi connectivity index (χ0) is 30.6. The van der Waals surface area contributed by atoms with Gasteiger partial charge in [0.15, 0.2) is 0 Å². The molecule has 0 aliphatic rings. The largest absolute Gasteiger partial charge is 0.309 e. The van der Waals surface area contributed by atoms with Crippen LogP contribution in [0.15, 0.2) is 158 Å². The number of nitrogens with zero attached hydrogens (tertiary/aromatic N) is 4. The minimum Gasteiger partial charge on any atom is -0.309 e. The molecule has 11 aromatic rings. The summed E-state index contributed by atoms with van der Waals surface area (Å²) < 4.78 is 7.20. The Morgan fingerprint density at radius 3 is 1.43 bits per heavy atom. The smallest absolute Gasteiger partial charge is 0.147 e. The highest BCUT2D eigenvalue weighted by atomic mass is 15.0. The first kappa shape index (κ1) is 24.9. The minimum absolute atomic E-state index is 0.987. The molecule has 0 saturated heterocycles. The first-order valence-corrected chi connectivity index (χ1v) is 16.1. The van der Waals surface area contributed by atoms with Crippen LogP contribution in [-0.4, -0.2) is 18.5 Å². The first-order chi connectivity index (χ1) is 23.4. The van der Waals surface area contributed by atoms with E-state index in [9.17, 15) is 0 Å². The van der Waals surface area contributed by atoms with Crippen molar-refractivity contribution in [3.05, 3.63) is 158 Å². The molecule has 4 aromatic heterocycles. The Bertz CT molecular complexity index is 3050. The predicted molar refractivity (Wildman–Crippen MR) is 196 cm³/mol. The van der Waals surface area contributed by atoms with E-state index in [0.717, 1.165) is 33.6 Å². The molecule has 0 aliphatic carbocycles. The molecule has 0 amide bonds. The Kier molecular flexibility index (Phi) is 4.81. The monoisotopic (exact) mass is 598 g/mol. The maximum absolute atomic E-state index is 5.38. The van der Waals surface area contributed by atoms with Gasteiger partial charge in [-0.25, -0.2) is 4.98 Å². The van der Waals surface area contributed by atoms with E-state index in [4.69, 9.17) is 4.98 Å². The molecule has 4 nitrogen and oxygen atoms in total. The lowest BCUT2D eigenvalue weighted by atomic mass is 9.97. The Hall–Kier alpha value is -6.39. The summed E-state index contributed by atoms with van der Waals surface area (Å²) in [6.07, 6.45) is 0. The second-order valence-electron chi connectivity index (χ2n) is 12.4. The molecule has 11 rings (SSSR count). The number of hydrogen-bond donors (Lipinski definition) is 0. The van der Waals surface area contributed by atoms with Crippen LogP contribution in [0.5, 0.6) is 0 Å². The van der Waals surface area contributed by atoms with E-state index in [1.807, 2.05) is 0 Å². The van der Waals surface area contributed by atoms with Crippen LogP contribution in [0.1, 0.15) is 0 Å². The summed E-state index contributed by atoms with van der Waals surface area (Å²) in [4.78, 5) is 5.38. The van der Waals surface area contributed by atoms with Crippen molar-refractivity contribution in [2.45, 2.75) is 0 Å². The molecule has 0 fully saturated rings. The molecule has 4 heteroatoms. The van der Waals surface area contributed by atoms with E-state index in [1.165, 1.54) is 59.8 Å². The van der Waals surface area contributed by atoms with E-state index < -0.39 is 0 Å². The quantitative estimate of drug-likeness (QED) is 0.182. The van der Waals surface area contributed by atoms with E-state index in [2.05, 4.69) is 171 Å². The molecule has 0 radical (unpaired) electrons. The Morgan fingerprint density at radius 2 is 0.787 bits per heavy atom. The van der Waals surface area contributed by atoms with E-state index >= 15 is 0 Å². The SMILES string of the molecule is c1ccc(-n2c3ccccc3c3c4c5ccc6c(c7ccccc7n6-c6ccccc6)c5c5nc6ccccc6n5c4ccc32)cc1. The third-order valence-electron chi connectivity index (χ3n) is 9.98. The molecule has 0 spiro atoms. The second-order valence-corrected chi connectivity index (χ2v) is 12.4. The van der Waals surface area contributed by atoms with Gasteiger partial charge in [-0.15, -0.1) is 0 Å². The molecule has 0 bridgehead atoms. The van der Waals surface area contributed by atoms with Crippen molar-refractivity contribution >= 4 is 82.0 Å². The Labute approximate surface area is 268 Å². The van der Waals surface area contributed by atoms with Gasteiger partial charge in [-0.1, -0.05) is 91.0 Å². The number of benzene rings is 7. The number of hydrogen-bond acceptors (Lipinski definition) is 1. The van der Waals surface area contributed by atoms with Crippen LogP contribution >= 0.6 is 0 Å². The summed E-state index contributed by atoms with van der Waals surface area (Å²) in [5.41, 5.74) is 11.3. The number of fused-ring (bicyclic) bond motifs is 16. The topological polar surface area (TPSA) is 27.2 Å². The average Bonchev–Trinajstić information content (AvgIpc) is 3.80. The van der Waals surface area contributed by atoms with Gasteiger partial charge in [0, 0.05) is 43.7 Å². The molecule has 0 unspecified atom stereocenters. The molecule has 47 heavy (non-hydrogen) atoms. The predicted octanol–water partition coefficient (Wildman–Crippen LogP) is 11.0. The van der Waals surface area contributed by atoms with Crippen molar-refractivity contribution in [1.29, 1.82) is 0 Å². The Balaban J connectivity index is 1.46. The summed E-state index contributed by atoms with van der Waals surface area (Å²) in [7, 11) is 0. The number of pyridine rings is 1. The van der Waals surface area contributed by atoms with Crippen molar-refractivity contribution < 1.29 is 0 Å². The van der Waals surface area contributed by atoms with Crippen molar-refractivity contribution in [2.24, 2.45) is 0 Å². The van der Waals surface area contributed by atoms with Gasteiger partial charge in [0.1, 0.15) is 5.65 Å². The fraction of sp³-hybridized carbons (Fsp3) is 0. The van der Waals surface area contributed by atoms with Crippen LogP contribution in [-0.2, 0) is 0 Å². The number of imidazole rings is 1. The molecular formula is C43H26N4. The van der Waals surface area contributed by atoms with Crippen LogP contribution < -0.4 is 0 Å². The first-order valence-electron chi connectivity index (χ1n) is 16.1. The summed E-state index contributed by atoms with van der Waals surface area (Å²) >= 11 is 0. The Morgan fingerprint density at radius 1 is 0.319 bits per heavy atom. The van der Waals surface area contributed by atoms with Crippen LogP contribution in [0.25, 0.3) is 93.3 Å². The molecule has 4 heterocycles. The van der Waals surface area contributed by atoms with Crippen LogP contribution in [0, 0.1) is 0 Å². The van der Waals surface area contributed by atoms with Gasteiger partial charge < -0.3 is 9.13 Å². The fourth-order valence-electron chi connectivity index (χ4n) is 8.16. The minimum atomic E-state index is 0.987. The summed E-state index contributed by atoms with van der Waals surface area (Å²) in [6.45, 7) is 0. The van der Waals surface area contributed by atoms with Crippen molar-refractivity contribution in [3.8, 4) is 11.4 Å². The van der Waals surface area contributed by atoms with Crippen molar-refractivity contribution in [2.75, 3.05) is 0 Å². The highest BCUT2D eigenvalue weighted by molar-refractivity contribution is 6.35. The normalized spacial score (nSPS) is 12.3. The number of rotatable bonds is 2. The van der Waals surface area contributed by atoms with Crippen molar-refractivity contribution in [3.63, 3.8) is 0 Å². The van der Waals surface area contributed by atoms with Gasteiger partial charge >= 0.3 is 0 Å². The average molecular weight is 599 g/mol. The zero-order valence-electron chi connectivity index (χ0n) is 25.3. The van der Waals surface area contributed by atoms with Gasteiger partial charge in [-0.2, -0.15) is 0 Å². The molecule has 0 saturated carbocycles. The number of para-hydroxylation sites is 6. The maximum Gasteiger partial charge on any atom is 0.147 e. The van der Waals surface area contributed by atoms with Crippen LogP contribution in [0.4, 0.5) is 0 Å². The highest BCUT2D eigenvalue weighted by Crippen LogP contribution is 2.45. The molecule has 0 N–H and O–H groups in total. The van der Waals surface area contributed by atoms with E-state index in [-0.39, 0.29) is 0 Å². The maximum atomic E-state index is 5.38. The second kappa shape index (κ2) is 9.09. The zero-order valence-corrected chi connectivity index (χ0v) is 25.3. The molecule has 0 aliphatic heterocycles. The van der Waals surface area contributed by atoms with E-state index in [1.54, 1.807) is 0 Å². The van der Waals surface area contributed by atoms with Crippen LogP contribution in [0.3, 0.4) is 0 Å². The summed E-state index contributed by atoms with van der Waals surface area (Å²) in [5, 5.41) is 8.61. The fourth-order valence-corrected chi connectivity index (χ4v) is 8.16.